The quantitative estimate of drug-likeness (QED) is 0.726. The van der Waals surface area contributed by atoms with Crippen molar-refractivity contribution in [1.82, 2.24) is 5.32 Å². The maximum absolute atomic E-state index is 11.9. The van der Waals surface area contributed by atoms with Crippen LogP contribution in [0.5, 0.6) is 0 Å². The Labute approximate surface area is 107 Å². The van der Waals surface area contributed by atoms with Crippen LogP contribution < -0.4 is 5.32 Å². The molecule has 1 rings (SSSR count). The molecule has 1 aromatic rings. The zero-order chi connectivity index (χ0) is 13.6. The summed E-state index contributed by atoms with van der Waals surface area (Å²) in [6, 6.07) is 8.87. The molecule has 0 saturated carbocycles. The molecule has 0 saturated heterocycles. The fourth-order valence-corrected chi connectivity index (χ4v) is 1.85. The SMILES string of the molecule is CCC(CC)(NCC(=O)c1ccccc1)C(=O)O. The summed E-state index contributed by atoms with van der Waals surface area (Å²) in [7, 11) is 0. The molecule has 4 heteroatoms. The lowest BCUT2D eigenvalue weighted by molar-refractivity contribution is -0.145. The van der Waals surface area contributed by atoms with E-state index in [1.54, 1.807) is 38.1 Å². The van der Waals surface area contributed by atoms with E-state index in [9.17, 15) is 14.7 Å². The van der Waals surface area contributed by atoms with Crippen molar-refractivity contribution in [3.8, 4) is 0 Å². The van der Waals surface area contributed by atoms with Gasteiger partial charge in [-0.15, -0.1) is 0 Å². The molecule has 0 heterocycles. The van der Waals surface area contributed by atoms with Crippen LogP contribution in [0.25, 0.3) is 0 Å². The molecule has 0 aromatic heterocycles. The van der Waals surface area contributed by atoms with Gasteiger partial charge in [0.2, 0.25) is 0 Å². The Hall–Kier alpha value is -1.68. The molecule has 0 radical (unpaired) electrons. The van der Waals surface area contributed by atoms with Gasteiger partial charge in [0.1, 0.15) is 5.54 Å². The molecular formula is C14H19NO3. The Morgan fingerprint density at radius 1 is 1.17 bits per heavy atom. The number of ketones is 1. The van der Waals surface area contributed by atoms with Gasteiger partial charge in [0.05, 0.1) is 6.54 Å². The Morgan fingerprint density at radius 3 is 2.17 bits per heavy atom. The van der Waals surface area contributed by atoms with Crippen LogP contribution in [-0.4, -0.2) is 28.9 Å². The summed E-state index contributed by atoms with van der Waals surface area (Å²) in [6.45, 7) is 3.65. The third-order valence-electron chi connectivity index (χ3n) is 3.30. The standard InChI is InChI=1S/C14H19NO3/c1-3-14(4-2,13(17)18)15-10-12(16)11-8-6-5-7-9-11/h5-9,15H,3-4,10H2,1-2H3,(H,17,18). The predicted molar refractivity (Wildman–Crippen MR) is 69.7 cm³/mol. The minimum atomic E-state index is -1.01. The molecule has 0 unspecified atom stereocenters. The Morgan fingerprint density at radius 2 is 1.72 bits per heavy atom. The number of Topliss-reactive ketones (excluding diaryl/α,β-unsaturated/α-hetero) is 1. The van der Waals surface area contributed by atoms with Crippen LogP contribution in [0.3, 0.4) is 0 Å². The number of carbonyl (C=O) groups is 2. The third kappa shape index (κ3) is 3.17. The van der Waals surface area contributed by atoms with Gasteiger partial charge in [0, 0.05) is 5.56 Å². The third-order valence-corrected chi connectivity index (χ3v) is 3.30. The molecule has 18 heavy (non-hydrogen) atoms. The average Bonchev–Trinajstić information content (AvgIpc) is 2.41. The van der Waals surface area contributed by atoms with E-state index >= 15 is 0 Å². The van der Waals surface area contributed by atoms with Crippen LogP contribution in [0.15, 0.2) is 30.3 Å². The highest BCUT2D eigenvalue weighted by Gasteiger charge is 2.34. The van der Waals surface area contributed by atoms with E-state index in [0.29, 0.717) is 18.4 Å². The van der Waals surface area contributed by atoms with Crippen molar-refractivity contribution in [2.24, 2.45) is 0 Å². The van der Waals surface area contributed by atoms with Gasteiger partial charge in [-0.25, -0.2) is 0 Å². The summed E-state index contributed by atoms with van der Waals surface area (Å²) in [6.07, 6.45) is 0.891. The minimum Gasteiger partial charge on any atom is -0.480 e. The fraction of sp³-hybridized carbons (Fsp3) is 0.429. The number of carbonyl (C=O) groups excluding carboxylic acids is 1. The molecule has 2 N–H and O–H groups in total. The summed E-state index contributed by atoms with van der Waals surface area (Å²) in [4.78, 5) is 23.1. The van der Waals surface area contributed by atoms with Crippen molar-refractivity contribution in [2.75, 3.05) is 6.54 Å². The molecule has 0 atom stereocenters. The normalized spacial score (nSPS) is 11.2. The first-order valence-corrected chi connectivity index (χ1v) is 6.12. The number of rotatable bonds is 7. The second-order valence-corrected chi connectivity index (χ2v) is 4.24. The summed E-state index contributed by atoms with van der Waals surface area (Å²) < 4.78 is 0. The number of carboxylic acids is 1. The van der Waals surface area contributed by atoms with Gasteiger partial charge in [0.25, 0.3) is 0 Å². The lowest BCUT2D eigenvalue weighted by Gasteiger charge is -2.27. The highest BCUT2D eigenvalue weighted by atomic mass is 16.4. The largest absolute Gasteiger partial charge is 0.480 e. The maximum atomic E-state index is 11.9. The molecule has 0 aliphatic heterocycles. The number of aliphatic carboxylic acids is 1. The molecule has 0 aliphatic carbocycles. The van der Waals surface area contributed by atoms with Gasteiger partial charge < -0.3 is 5.11 Å². The molecule has 98 valence electrons. The van der Waals surface area contributed by atoms with Gasteiger partial charge >= 0.3 is 5.97 Å². The molecule has 0 amide bonds. The lowest BCUT2D eigenvalue weighted by atomic mass is 9.92. The lowest BCUT2D eigenvalue weighted by Crippen LogP contribution is -2.52. The van der Waals surface area contributed by atoms with E-state index in [2.05, 4.69) is 5.32 Å². The van der Waals surface area contributed by atoms with Gasteiger partial charge in [-0.1, -0.05) is 44.2 Å². The second kappa shape index (κ2) is 6.31. The number of benzene rings is 1. The van der Waals surface area contributed by atoms with Crippen molar-refractivity contribution in [3.05, 3.63) is 35.9 Å². The molecular weight excluding hydrogens is 230 g/mol. The molecule has 0 fully saturated rings. The van der Waals surface area contributed by atoms with E-state index in [-0.39, 0.29) is 12.3 Å². The Kier molecular flexibility index (Phi) is 5.04. The zero-order valence-corrected chi connectivity index (χ0v) is 10.8. The predicted octanol–water partition coefficient (Wildman–Crippen LogP) is 2.10. The monoisotopic (exact) mass is 249 g/mol. The summed E-state index contributed by atoms with van der Waals surface area (Å²) in [5.74, 6) is -1.00. The first kappa shape index (κ1) is 14.4. The summed E-state index contributed by atoms with van der Waals surface area (Å²) in [5.41, 5.74) is -0.416. The van der Waals surface area contributed by atoms with Gasteiger partial charge in [-0.3, -0.25) is 14.9 Å². The minimum absolute atomic E-state index is 0.0397. The van der Waals surface area contributed by atoms with Crippen molar-refractivity contribution in [2.45, 2.75) is 32.2 Å². The number of hydrogen-bond acceptors (Lipinski definition) is 3. The first-order valence-electron chi connectivity index (χ1n) is 6.12. The average molecular weight is 249 g/mol. The van der Waals surface area contributed by atoms with Crippen LogP contribution in [0.1, 0.15) is 37.0 Å². The second-order valence-electron chi connectivity index (χ2n) is 4.24. The van der Waals surface area contributed by atoms with Gasteiger partial charge in [-0.2, -0.15) is 0 Å². The van der Waals surface area contributed by atoms with Crippen molar-refractivity contribution in [1.29, 1.82) is 0 Å². The molecule has 0 bridgehead atoms. The Balaban J connectivity index is 2.69. The van der Waals surface area contributed by atoms with Crippen molar-refractivity contribution >= 4 is 11.8 Å². The van der Waals surface area contributed by atoms with Gasteiger partial charge in [0.15, 0.2) is 5.78 Å². The molecule has 0 spiro atoms. The van der Waals surface area contributed by atoms with E-state index in [1.807, 2.05) is 6.07 Å². The Bertz CT molecular complexity index is 410. The van der Waals surface area contributed by atoms with E-state index in [1.165, 1.54) is 0 Å². The summed E-state index contributed by atoms with van der Waals surface area (Å²) in [5, 5.41) is 12.1. The number of hydrogen-bond donors (Lipinski definition) is 2. The smallest absolute Gasteiger partial charge is 0.323 e. The van der Waals surface area contributed by atoms with Gasteiger partial charge in [-0.05, 0) is 12.8 Å². The van der Waals surface area contributed by atoms with Crippen molar-refractivity contribution in [3.63, 3.8) is 0 Å². The van der Waals surface area contributed by atoms with E-state index in [0.717, 1.165) is 0 Å². The fourth-order valence-electron chi connectivity index (χ4n) is 1.85. The number of nitrogens with one attached hydrogen (secondary N) is 1. The molecule has 1 aromatic carbocycles. The van der Waals surface area contributed by atoms with E-state index < -0.39 is 11.5 Å². The maximum Gasteiger partial charge on any atom is 0.323 e. The van der Waals surface area contributed by atoms with Crippen LogP contribution in [-0.2, 0) is 4.79 Å². The molecule has 4 nitrogen and oxygen atoms in total. The van der Waals surface area contributed by atoms with Crippen LogP contribution in [0.4, 0.5) is 0 Å². The summed E-state index contributed by atoms with van der Waals surface area (Å²) >= 11 is 0. The highest BCUT2D eigenvalue weighted by molar-refractivity contribution is 5.98. The van der Waals surface area contributed by atoms with Crippen LogP contribution >= 0.6 is 0 Å². The molecule has 0 aliphatic rings. The van der Waals surface area contributed by atoms with Crippen LogP contribution in [0, 0.1) is 0 Å². The van der Waals surface area contributed by atoms with E-state index in [4.69, 9.17) is 0 Å². The number of carboxylic acid groups (broad SMARTS) is 1. The zero-order valence-electron chi connectivity index (χ0n) is 10.8. The van der Waals surface area contributed by atoms with Crippen molar-refractivity contribution < 1.29 is 14.7 Å². The van der Waals surface area contributed by atoms with Crippen LogP contribution in [0.2, 0.25) is 0 Å². The first-order chi connectivity index (χ1) is 8.55. The highest BCUT2D eigenvalue weighted by Crippen LogP contribution is 2.15. The topological polar surface area (TPSA) is 66.4 Å².